The Bertz CT molecular complexity index is 614. The summed E-state index contributed by atoms with van der Waals surface area (Å²) < 4.78 is 32.9. The van der Waals surface area contributed by atoms with Crippen molar-refractivity contribution in [2.45, 2.75) is 30.8 Å². The number of hydrogen-bond acceptors (Lipinski definition) is 5. The maximum Gasteiger partial charge on any atom is 0.240 e. The first-order chi connectivity index (χ1) is 9.75. The van der Waals surface area contributed by atoms with Gasteiger partial charge in [-0.2, -0.15) is 0 Å². The number of benzene rings is 1. The Labute approximate surface area is 126 Å². The van der Waals surface area contributed by atoms with Crippen molar-refractivity contribution in [3.05, 3.63) is 18.2 Å². The molecule has 1 aliphatic heterocycles. The lowest BCUT2D eigenvalue weighted by molar-refractivity contribution is 0.107. The summed E-state index contributed by atoms with van der Waals surface area (Å²) in [6.07, 6.45) is 0.612. The van der Waals surface area contributed by atoms with Gasteiger partial charge < -0.3 is 15.4 Å². The molecule has 0 aliphatic carbocycles. The van der Waals surface area contributed by atoms with Crippen LogP contribution in [0.15, 0.2) is 23.1 Å². The SMILES string of the molecule is CN1CC(C)(C)Oc2ccc(S(=O)(=O)NCCCN)cc21. The Kier molecular flexibility index (Phi) is 4.46. The summed E-state index contributed by atoms with van der Waals surface area (Å²) in [5, 5.41) is 0. The van der Waals surface area contributed by atoms with Gasteiger partial charge in [-0.15, -0.1) is 0 Å². The summed E-state index contributed by atoms with van der Waals surface area (Å²) in [6, 6.07) is 4.93. The third-order valence-electron chi connectivity index (χ3n) is 3.33. The normalized spacial score (nSPS) is 17.2. The van der Waals surface area contributed by atoms with Crippen molar-refractivity contribution in [2.75, 3.05) is 31.6 Å². The van der Waals surface area contributed by atoms with Crippen molar-refractivity contribution in [3.63, 3.8) is 0 Å². The molecule has 1 heterocycles. The summed E-state index contributed by atoms with van der Waals surface area (Å²) >= 11 is 0. The Morgan fingerprint density at radius 3 is 2.81 bits per heavy atom. The second-order valence-electron chi connectivity index (χ2n) is 5.89. The molecular weight excluding hydrogens is 290 g/mol. The molecule has 2 rings (SSSR count). The third-order valence-corrected chi connectivity index (χ3v) is 4.79. The van der Waals surface area contributed by atoms with Gasteiger partial charge in [0.25, 0.3) is 0 Å². The van der Waals surface area contributed by atoms with Crippen LogP contribution in [0, 0.1) is 0 Å². The van der Waals surface area contributed by atoms with Crippen LogP contribution in [0.3, 0.4) is 0 Å². The average Bonchev–Trinajstić information content (AvgIpc) is 2.37. The second-order valence-corrected chi connectivity index (χ2v) is 7.65. The lowest BCUT2D eigenvalue weighted by atomic mass is 10.1. The van der Waals surface area contributed by atoms with E-state index in [0.717, 1.165) is 5.69 Å². The first kappa shape index (κ1) is 16.1. The predicted molar refractivity (Wildman–Crippen MR) is 83.3 cm³/mol. The number of sulfonamides is 1. The summed E-state index contributed by atoms with van der Waals surface area (Å²) in [7, 11) is -1.57. The van der Waals surface area contributed by atoms with Crippen LogP contribution in [0.25, 0.3) is 0 Å². The second kappa shape index (κ2) is 5.82. The van der Waals surface area contributed by atoms with Gasteiger partial charge in [-0.05, 0) is 45.0 Å². The minimum atomic E-state index is -3.51. The summed E-state index contributed by atoms with van der Waals surface area (Å²) in [4.78, 5) is 2.26. The van der Waals surface area contributed by atoms with E-state index in [0.29, 0.717) is 31.8 Å². The number of fused-ring (bicyclic) bond motifs is 1. The van der Waals surface area contributed by atoms with Crippen molar-refractivity contribution >= 4 is 15.7 Å². The molecule has 0 saturated carbocycles. The van der Waals surface area contributed by atoms with Crippen molar-refractivity contribution in [1.29, 1.82) is 0 Å². The minimum absolute atomic E-state index is 0.244. The number of hydrogen-bond donors (Lipinski definition) is 2. The molecule has 21 heavy (non-hydrogen) atoms. The molecule has 0 bridgehead atoms. The average molecular weight is 313 g/mol. The van der Waals surface area contributed by atoms with Crippen molar-refractivity contribution in [1.82, 2.24) is 4.72 Å². The van der Waals surface area contributed by atoms with E-state index in [1.165, 1.54) is 0 Å². The monoisotopic (exact) mass is 313 g/mol. The van der Waals surface area contributed by atoms with Crippen molar-refractivity contribution < 1.29 is 13.2 Å². The van der Waals surface area contributed by atoms with E-state index in [4.69, 9.17) is 10.5 Å². The van der Waals surface area contributed by atoms with E-state index in [1.807, 2.05) is 25.8 Å². The first-order valence-corrected chi connectivity index (χ1v) is 8.47. The van der Waals surface area contributed by atoms with Crippen LogP contribution in [0.5, 0.6) is 5.75 Å². The smallest absolute Gasteiger partial charge is 0.240 e. The fourth-order valence-corrected chi connectivity index (χ4v) is 3.52. The van der Waals surface area contributed by atoms with Crippen LogP contribution in [0.2, 0.25) is 0 Å². The summed E-state index contributed by atoms with van der Waals surface area (Å²) in [5.74, 6) is 0.703. The van der Waals surface area contributed by atoms with Crippen LogP contribution in [0.1, 0.15) is 20.3 Å². The van der Waals surface area contributed by atoms with Gasteiger partial charge in [0.1, 0.15) is 11.4 Å². The highest BCUT2D eigenvalue weighted by Gasteiger charge is 2.30. The molecule has 3 N–H and O–H groups in total. The Morgan fingerprint density at radius 1 is 1.43 bits per heavy atom. The van der Waals surface area contributed by atoms with E-state index in [-0.39, 0.29) is 10.5 Å². The molecule has 0 aromatic heterocycles. The number of rotatable bonds is 5. The minimum Gasteiger partial charge on any atom is -0.484 e. The molecule has 0 atom stereocenters. The number of anilines is 1. The van der Waals surface area contributed by atoms with Gasteiger partial charge in [-0.1, -0.05) is 0 Å². The van der Waals surface area contributed by atoms with Gasteiger partial charge in [0.15, 0.2) is 0 Å². The topological polar surface area (TPSA) is 84.7 Å². The molecule has 0 unspecified atom stereocenters. The molecule has 6 nitrogen and oxygen atoms in total. The van der Waals surface area contributed by atoms with Crippen LogP contribution in [-0.2, 0) is 10.0 Å². The van der Waals surface area contributed by atoms with Crippen molar-refractivity contribution in [2.24, 2.45) is 5.73 Å². The summed E-state index contributed by atoms with van der Waals surface area (Å²) in [6.45, 7) is 5.51. The highest BCUT2D eigenvalue weighted by Crippen LogP contribution is 2.37. The van der Waals surface area contributed by atoms with Crippen LogP contribution in [-0.4, -0.2) is 40.7 Å². The van der Waals surface area contributed by atoms with Gasteiger partial charge in [0.2, 0.25) is 10.0 Å². The van der Waals surface area contributed by atoms with E-state index >= 15 is 0 Å². The molecule has 1 aromatic rings. The number of ether oxygens (including phenoxy) is 1. The van der Waals surface area contributed by atoms with E-state index in [2.05, 4.69) is 4.72 Å². The van der Waals surface area contributed by atoms with Gasteiger partial charge in [-0.25, -0.2) is 13.1 Å². The Hall–Kier alpha value is -1.31. The zero-order valence-electron chi connectivity index (χ0n) is 12.7. The fourth-order valence-electron chi connectivity index (χ4n) is 2.43. The highest BCUT2D eigenvalue weighted by atomic mass is 32.2. The molecule has 1 aliphatic rings. The van der Waals surface area contributed by atoms with Gasteiger partial charge >= 0.3 is 0 Å². The van der Waals surface area contributed by atoms with Gasteiger partial charge in [-0.3, -0.25) is 0 Å². The van der Waals surface area contributed by atoms with E-state index in [1.54, 1.807) is 18.2 Å². The maximum atomic E-state index is 12.2. The largest absolute Gasteiger partial charge is 0.484 e. The Balaban J connectivity index is 2.27. The molecule has 1 aromatic carbocycles. The van der Waals surface area contributed by atoms with E-state index < -0.39 is 10.0 Å². The zero-order valence-corrected chi connectivity index (χ0v) is 13.5. The first-order valence-electron chi connectivity index (χ1n) is 6.99. The van der Waals surface area contributed by atoms with Crippen molar-refractivity contribution in [3.8, 4) is 5.75 Å². The molecule has 0 amide bonds. The lowest BCUT2D eigenvalue weighted by Gasteiger charge is -2.39. The molecule has 7 heteroatoms. The third kappa shape index (κ3) is 3.66. The molecule has 0 fully saturated rings. The van der Waals surface area contributed by atoms with E-state index in [9.17, 15) is 8.42 Å². The number of likely N-dealkylation sites (N-methyl/N-ethyl adjacent to an activating group) is 1. The highest BCUT2D eigenvalue weighted by molar-refractivity contribution is 7.89. The molecule has 118 valence electrons. The Morgan fingerprint density at radius 2 is 2.14 bits per heavy atom. The predicted octanol–water partition coefficient (Wildman–Crippen LogP) is 0.921. The van der Waals surface area contributed by atoms with Gasteiger partial charge in [0, 0.05) is 13.6 Å². The maximum absolute atomic E-state index is 12.2. The van der Waals surface area contributed by atoms with Gasteiger partial charge in [0.05, 0.1) is 17.1 Å². The standard InChI is InChI=1S/C14H23N3O3S/c1-14(2)10-17(3)12-9-11(5-6-13(12)20-14)21(18,19)16-8-4-7-15/h5-6,9,16H,4,7-8,10,15H2,1-3H3. The molecule has 0 radical (unpaired) electrons. The summed E-state index contributed by atoms with van der Waals surface area (Å²) in [5.41, 5.74) is 5.87. The van der Waals surface area contributed by atoms with Crippen LogP contribution in [0.4, 0.5) is 5.69 Å². The lowest BCUT2D eigenvalue weighted by Crippen LogP contribution is -2.45. The molecule has 0 saturated heterocycles. The van der Waals surface area contributed by atoms with Crippen LogP contribution < -0.4 is 20.1 Å². The number of nitrogens with two attached hydrogens (primary N) is 1. The quantitative estimate of drug-likeness (QED) is 0.790. The molecular formula is C14H23N3O3S. The number of nitrogens with zero attached hydrogens (tertiary/aromatic N) is 1. The number of nitrogens with one attached hydrogen (secondary N) is 1. The fraction of sp³-hybridized carbons (Fsp3) is 0.571. The zero-order chi connectivity index (χ0) is 15.7. The van der Waals surface area contributed by atoms with Crippen LogP contribution >= 0.6 is 0 Å². The molecule has 0 spiro atoms.